The Hall–Kier alpha value is -2.63. The molecule has 0 N–H and O–H groups in total. The predicted molar refractivity (Wildman–Crippen MR) is 83.5 cm³/mol. The van der Waals surface area contributed by atoms with Gasteiger partial charge in [0, 0.05) is 43.8 Å². The van der Waals surface area contributed by atoms with Crippen LogP contribution in [-0.4, -0.2) is 36.5 Å². The number of carbonyl (C=O) groups is 1. The second kappa shape index (κ2) is 6.01. The van der Waals surface area contributed by atoms with Crippen molar-refractivity contribution in [2.45, 2.75) is 26.9 Å². The molecule has 0 aromatic carbocycles. The fourth-order valence-electron chi connectivity index (χ4n) is 2.41. The van der Waals surface area contributed by atoms with Crippen LogP contribution in [0.15, 0.2) is 43.0 Å². The van der Waals surface area contributed by atoms with Crippen molar-refractivity contribution in [1.82, 2.24) is 24.1 Å². The number of fused-ring (bicyclic) bond motifs is 1. The van der Waals surface area contributed by atoms with Gasteiger partial charge in [-0.05, 0) is 26.0 Å². The highest BCUT2D eigenvalue weighted by Crippen LogP contribution is 2.11. The lowest BCUT2D eigenvalue weighted by molar-refractivity contribution is 0.0747. The third kappa shape index (κ3) is 2.72. The highest BCUT2D eigenvalue weighted by Gasteiger charge is 2.18. The first-order valence-electron chi connectivity index (χ1n) is 7.45. The van der Waals surface area contributed by atoms with E-state index in [2.05, 4.69) is 10.1 Å². The molecule has 0 spiro atoms. The Balaban J connectivity index is 1.81. The molecule has 22 heavy (non-hydrogen) atoms. The molecule has 1 amide bonds. The lowest BCUT2D eigenvalue weighted by Gasteiger charge is -2.18. The second-order valence-electron chi connectivity index (χ2n) is 5.12. The summed E-state index contributed by atoms with van der Waals surface area (Å²) in [4.78, 5) is 18.8. The highest BCUT2D eigenvalue weighted by molar-refractivity contribution is 5.92. The van der Waals surface area contributed by atoms with Crippen LogP contribution < -0.4 is 0 Å². The molecule has 0 fully saturated rings. The lowest BCUT2D eigenvalue weighted by atomic mass is 10.3. The van der Waals surface area contributed by atoms with E-state index in [4.69, 9.17) is 0 Å². The van der Waals surface area contributed by atoms with Gasteiger partial charge in [-0.3, -0.25) is 9.48 Å². The number of hydrogen-bond donors (Lipinski definition) is 0. The molecule has 0 aliphatic heterocycles. The van der Waals surface area contributed by atoms with Gasteiger partial charge in [-0.25, -0.2) is 4.98 Å². The van der Waals surface area contributed by atoms with E-state index >= 15 is 0 Å². The molecule has 0 saturated heterocycles. The van der Waals surface area contributed by atoms with E-state index in [1.807, 2.05) is 59.7 Å². The second-order valence-corrected chi connectivity index (χ2v) is 5.12. The third-order valence-electron chi connectivity index (χ3n) is 3.64. The Kier molecular flexibility index (Phi) is 3.91. The number of imidazole rings is 1. The molecule has 3 heterocycles. The zero-order valence-corrected chi connectivity index (χ0v) is 12.8. The largest absolute Gasteiger partial charge is 0.333 e. The van der Waals surface area contributed by atoms with E-state index in [0.717, 1.165) is 17.8 Å². The van der Waals surface area contributed by atoms with Crippen LogP contribution in [0.2, 0.25) is 0 Å². The highest BCUT2D eigenvalue weighted by atomic mass is 16.2. The van der Waals surface area contributed by atoms with Gasteiger partial charge in [-0.15, -0.1) is 0 Å². The normalized spacial score (nSPS) is 11.0. The van der Waals surface area contributed by atoms with Gasteiger partial charge >= 0.3 is 0 Å². The Labute approximate surface area is 129 Å². The van der Waals surface area contributed by atoms with Gasteiger partial charge in [0.25, 0.3) is 5.91 Å². The number of nitrogens with zero attached hydrogens (tertiary/aromatic N) is 5. The summed E-state index contributed by atoms with van der Waals surface area (Å²) >= 11 is 0. The van der Waals surface area contributed by atoms with E-state index < -0.39 is 0 Å². The van der Waals surface area contributed by atoms with E-state index in [1.165, 1.54) is 0 Å². The van der Waals surface area contributed by atoms with Crippen LogP contribution in [0.3, 0.4) is 0 Å². The van der Waals surface area contributed by atoms with Gasteiger partial charge in [0.2, 0.25) is 0 Å². The maximum absolute atomic E-state index is 12.6. The van der Waals surface area contributed by atoms with Crippen molar-refractivity contribution in [3.8, 4) is 0 Å². The SMILES string of the molecule is CCN(Cc1cnn(CC)c1)C(=O)c1cn2ccccc2n1. The molecule has 0 radical (unpaired) electrons. The van der Waals surface area contributed by atoms with Crippen LogP contribution >= 0.6 is 0 Å². The van der Waals surface area contributed by atoms with E-state index in [1.54, 1.807) is 11.1 Å². The molecule has 114 valence electrons. The van der Waals surface area contributed by atoms with Crippen LogP contribution in [0.5, 0.6) is 0 Å². The van der Waals surface area contributed by atoms with Crippen LogP contribution in [-0.2, 0) is 13.1 Å². The molecule has 0 unspecified atom stereocenters. The molecule has 0 aliphatic carbocycles. The van der Waals surface area contributed by atoms with Crippen LogP contribution in [0, 0.1) is 0 Å². The minimum atomic E-state index is -0.0598. The first-order valence-corrected chi connectivity index (χ1v) is 7.45. The van der Waals surface area contributed by atoms with E-state index in [9.17, 15) is 4.79 Å². The summed E-state index contributed by atoms with van der Waals surface area (Å²) in [6, 6.07) is 5.71. The summed E-state index contributed by atoms with van der Waals surface area (Å²) in [5.41, 5.74) is 2.28. The van der Waals surface area contributed by atoms with Crippen LogP contribution in [0.1, 0.15) is 29.9 Å². The van der Waals surface area contributed by atoms with Crippen molar-refractivity contribution < 1.29 is 4.79 Å². The lowest BCUT2D eigenvalue weighted by Crippen LogP contribution is -2.30. The van der Waals surface area contributed by atoms with Crippen LogP contribution in [0.4, 0.5) is 0 Å². The molecule has 3 aromatic rings. The topological polar surface area (TPSA) is 55.4 Å². The molecule has 0 atom stereocenters. The quantitative estimate of drug-likeness (QED) is 0.725. The maximum atomic E-state index is 12.6. The molecule has 0 saturated carbocycles. The summed E-state index contributed by atoms with van der Waals surface area (Å²) in [7, 11) is 0. The molecule has 0 bridgehead atoms. The van der Waals surface area contributed by atoms with Gasteiger partial charge in [0.05, 0.1) is 6.20 Å². The van der Waals surface area contributed by atoms with Crippen molar-refractivity contribution in [3.05, 3.63) is 54.2 Å². The summed E-state index contributed by atoms with van der Waals surface area (Å²) in [6.07, 6.45) is 7.44. The van der Waals surface area contributed by atoms with Gasteiger partial charge < -0.3 is 9.30 Å². The fraction of sp³-hybridized carbons (Fsp3) is 0.312. The Morgan fingerprint density at radius 3 is 2.82 bits per heavy atom. The summed E-state index contributed by atoms with van der Waals surface area (Å²) in [5, 5.41) is 4.25. The standard InChI is InChI=1S/C16H19N5O/c1-3-19(10-13-9-17-21(4-2)11-13)16(22)14-12-20-8-6-5-7-15(20)18-14/h5-9,11-12H,3-4,10H2,1-2H3. The molecular weight excluding hydrogens is 278 g/mol. The van der Waals surface area contributed by atoms with Gasteiger partial charge in [-0.2, -0.15) is 5.10 Å². The average molecular weight is 297 g/mol. The summed E-state index contributed by atoms with van der Waals surface area (Å²) < 4.78 is 3.72. The number of amides is 1. The number of hydrogen-bond acceptors (Lipinski definition) is 3. The molecule has 6 heteroatoms. The van der Waals surface area contributed by atoms with Gasteiger partial charge in [0.1, 0.15) is 11.3 Å². The zero-order valence-electron chi connectivity index (χ0n) is 12.8. The van der Waals surface area contributed by atoms with Crippen molar-refractivity contribution >= 4 is 11.6 Å². The van der Waals surface area contributed by atoms with Crippen molar-refractivity contribution in [3.63, 3.8) is 0 Å². The maximum Gasteiger partial charge on any atom is 0.274 e. The van der Waals surface area contributed by atoms with Crippen LogP contribution in [0.25, 0.3) is 5.65 Å². The third-order valence-corrected chi connectivity index (χ3v) is 3.64. The molecule has 6 nitrogen and oxygen atoms in total. The number of aryl methyl sites for hydroxylation is 1. The minimum Gasteiger partial charge on any atom is -0.333 e. The van der Waals surface area contributed by atoms with E-state index in [0.29, 0.717) is 18.8 Å². The molecule has 3 aromatic heterocycles. The minimum absolute atomic E-state index is 0.0598. The molecule has 0 aliphatic rings. The zero-order chi connectivity index (χ0) is 15.5. The fourth-order valence-corrected chi connectivity index (χ4v) is 2.41. The van der Waals surface area contributed by atoms with Crippen molar-refractivity contribution in [2.75, 3.05) is 6.54 Å². The Morgan fingerprint density at radius 1 is 1.27 bits per heavy atom. The first-order chi connectivity index (χ1) is 10.7. The van der Waals surface area contributed by atoms with Crippen molar-refractivity contribution in [2.24, 2.45) is 0 Å². The first kappa shape index (κ1) is 14.3. The Morgan fingerprint density at radius 2 is 2.14 bits per heavy atom. The number of carbonyl (C=O) groups excluding carboxylic acids is 1. The van der Waals surface area contributed by atoms with Gasteiger partial charge in [0.15, 0.2) is 0 Å². The smallest absolute Gasteiger partial charge is 0.274 e. The summed E-state index contributed by atoms with van der Waals surface area (Å²) in [5.74, 6) is -0.0598. The number of pyridine rings is 1. The molecule has 3 rings (SSSR count). The average Bonchev–Trinajstić information content (AvgIpc) is 3.18. The predicted octanol–water partition coefficient (Wildman–Crippen LogP) is 2.21. The molecular formula is C16H19N5O. The Bertz CT molecular complexity index is 756. The van der Waals surface area contributed by atoms with Crippen molar-refractivity contribution in [1.29, 1.82) is 0 Å². The van der Waals surface area contributed by atoms with Gasteiger partial charge in [-0.1, -0.05) is 6.07 Å². The van der Waals surface area contributed by atoms with E-state index in [-0.39, 0.29) is 5.91 Å². The monoisotopic (exact) mass is 297 g/mol. The number of rotatable bonds is 5. The number of aromatic nitrogens is 4. The summed E-state index contributed by atoms with van der Waals surface area (Å²) in [6.45, 7) is 6.01.